The molecule has 2 aliphatic heterocycles. The van der Waals surface area contributed by atoms with Crippen molar-refractivity contribution in [3.05, 3.63) is 34.6 Å². The van der Waals surface area contributed by atoms with E-state index in [0.717, 1.165) is 6.29 Å². The maximum absolute atomic E-state index is 12.5. The molecule has 3 heterocycles. The third-order valence-electron chi connectivity index (χ3n) is 4.66. The first-order valence-corrected chi connectivity index (χ1v) is 8.27. The van der Waals surface area contributed by atoms with Crippen molar-refractivity contribution in [1.82, 2.24) is 15.0 Å². The molecule has 0 unspecified atom stereocenters. The van der Waals surface area contributed by atoms with E-state index in [-0.39, 0.29) is 17.6 Å². The third-order valence-corrected chi connectivity index (χ3v) is 4.66. The predicted molar refractivity (Wildman–Crippen MR) is 86.7 cm³/mol. The fourth-order valence-electron chi connectivity index (χ4n) is 3.50. The quantitative estimate of drug-likeness (QED) is 0.759. The molecular formula is C17H19N3O5. The molecule has 8 heteroatoms. The van der Waals surface area contributed by atoms with Crippen LogP contribution in [0.25, 0.3) is 10.9 Å². The molecule has 0 aliphatic carbocycles. The van der Waals surface area contributed by atoms with Gasteiger partial charge in [0.05, 0.1) is 5.39 Å². The summed E-state index contributed by atoms with van der Waals surface area (Å²) in [7, 11) is 0. The number of hydrogen-bond acceptors (Lipinski definition) is 7. The van der Waals surface area contributed by atoms with Crippen LogP contribution in [0.3, 0.4) is 0 Å². The Labute approximate surface area is 143 Å². The lowest BCUT2D eigenvalue weighted by atomic mass is 9.95. The summed E-state index contributed by atoms with van der Waals surface area (Å²) in [5.41, 5.74) is 0.362. The zero-order valence-electron chi connectivity index (χ0n) is 14.0. The van der Waals surface area contributed by atoms with Crippen molar-refractivity contribution in [3.63, 3.8) is 0 Å². The van der Waals surface area contributed by atoms with E-state index in [4.69, 9.17) is 14.2 Å². The molecule has 8 nitrogen and oxygen atoms in total. The second-order valence-corrected chi connectivity index (χ2v) is 6.79. The van der Waals surface area contributed by atoms with E-state index in [0.29, 0.717) is 23.9 Å². The zero-order chi connectivity index (χ0) is 17.6. The van der Waals surface area contributed by atoms with E-state index in [1.54, 1.807) is 32.0 Å². The Kier molecular flexibility index (Phi) is 3.90. The topological polar surface area (TPSA) is 92.5 Å². The van der Waals surface area contributed by atoms with Crippen LogP contribution >= 0.6 is 0 Å². The van der Waals surface area contributed by atoms with Gasteiger partial charge in [-0.15, -0.1) is 5.10 Å². The van der Waals surface area contributed by atoms with Crippen molar-refractivity contribution in [3.8, 4) is 0 Å². The van der Waals surface area contributed by atoms with Crippen LogP contribution in [0, 0.1) is 5.92 Å². The smallest absolute Gasteiger partial charge is 0.277 e. The Morgan fingerprint density at radius 3 is 2.88 bits per heavy atom. The number of carbonyl (C=O) groups is 1. The molecule has 2 aliphatic rings. The van der Waals surface area contributed by atoms with Gasteiger partial charge in [0.25, 0.3) is 5.56 Å². The van der Waals surface area contributed by atoms with Crippen molar-refractivity contribution in [2.24, 2.45) is 5.92 Å². The number of fused-ring (bicyclic) bond motifs is 2. The number of aromatic nitrogens is 3. The predicted octanol–water partition coefficient (Wildman–Crippen LogP) is 0.873. The van der Waals surface area contributed by atoms with Crippen LogP contribution in [-0.2, 0) is 25.5 Å². The summed E-state index contributed by atoms with van der Waals surface area (Å²) in [6, 6.07) is 7.07. The van der Waals surface area contributed by atoms with Crippen molar-refractivity contribution < 1.29 is 19.0 Å². The molecule has 2 fully saturated rings. The fraction of sp³-hybridized carbons (Fsp3) is 0.529. The number of benzene rings is 1. The van der Waals surface area contributed by atoms with E-state index in [9.17, 15) is 9.59 Å². The largest absolute Gasteiger partial charge is 0.341 e. The number of rotatable bonds is 4. The molecule has 2 saturated heterocycles. The molecule has 1 aromatic carbocycles. The van der Waals surface area contributed by atoms with Crippen LogP contribution in [0.5, 0.6) is 0 Å². The lowest BCUT2D eigenvalue weighted by molar-refractivity contribution is -0.208. The second-order valence-electron chi connectivity index (χ2n) is 6.79. The Balaban J connectivity index is 1.55. The van der Waals surface area contributed by atoms with Gasteiger partial charge in [-0.1, -0.05) is 17.3 Å². The maximum atomic E-state index is 12.5. The molecule has 25 heavy (non-hydrogen) atoms. The third kappa shape index (κ3) is 2.86. The highest BCUT2D eigenvalue weighted by atomic mass is 16.8. The minimum atomic E-state index is -0.749. The van der Waals surface area contributed by atoms with Crippen LogP contribution in [0.4, 0.5) is 0 Å². The van der Waals surface area contributed by atoms with Crippen molar-refractivity contribution in [2.75, 3.05) is 0 Å². The Morgan fingerprint density at radius 1 is 1.28 bits per heavy atom. The van der Waals surface area contributed by atoms with Gasteiger partial charge in [0.15, 0.2) is 12.1 Å². The molecule has 0 radical (unpaired) electrons. The summed E-state index contributed by atoms with van der Waals surface area (Å²) in [6.45, 7) is 3.93. The van der Waals surface area contributed by atoms with Gasteiger partial charge in [-0.2, -0.15) is 0 Å². The average molecular weight is 345 g/mol. The van der Waals surface area contributed by atoms with Gasteiger partial charge in [0, 0.05) is 12.5 Å². The highest BCUT2D eigenvalue weighted by Crippen LogP contribution is 2.41. The summed E-state index contributed by atoms with van der Waals surface area (Å²) < 4.78 is 18.5. The molecule has 4 rings (SSSR count). The van der Waals surface area contributed by atoms with Crippen LogP contribution in [0.2, 0.25) is 0 Å². The number of carbonyl (C=O) groups excluding carboxylic acids is 1. The average Bonchev–Trinajstić information content (AvgIpc) is 3.06. The minimum Gasteiger partial charge on any atom is -0.341 e. The van der Waals surface area contributed by atoms with Crippen LogP contribution in [-0.4, -0.2) is 45.6 Å². The number of aryl methyl sites for hydroxylation is 1. The molecule has 0 amide bonds. The first-order chi connectivity index (χ1) is 12.0. The standard InChI is InChI=1S/C17H19N3O5/c1-17(2)24-14-11(13(9-21)23-16(14)25-17)7-8-20-15(22)10-5-3-4-6-12(10)18-19-20/h3-6,9,11,13-14,16H,7-8H2,1-2H3/t11-,13+,14-,16-/m0/s1. The van der Waals surface area contributed by atoms with Crippen LogP contribution in [0.15, 0.2) is 29.1 Å². The Bertz CT molecular complexity index is 865. The lowest BCUT2D eigenvalue weighted by Gasteiger charge is -2.23. The van der Waals surface area contributed by atoms with Gasteiger partial charge in [-0.3, -0.25) is 4.79 Å². The van der Waals surface area contributed by atoms with Gasteiger partial charge >= 0.3 is 0 Å². The molecule has 1 aromatic heterocycles. The zero-order valence-corrected chi connectivity index (χ0v) is 14.0. The van der Waals surface area contributed by atoms with Crippen molar-refractivity contribution in [2.45, 2.75) is 51.1 Å². The van der Waals surface area contributed by atoms with E-state index < -0.39 is 18.2 Å². The number of hydrogen-bond donors (Lipinski definition) is 0. The first-order valence-electron chi connectivity index (χ1n) is 8.27. The van der Waals surface area contributed by atoms with Crippen LogP contribution in [0.1, 0.15) is 20.3 Å². The molecular weight excluding hydrogens is 326 g/mol. The number of nitrogens with zero attached hydrogens (tertiary/aromatic N) is 3. The highest BCUT2D eigenvalue weighted by Gasteiger charge is 2.54. The van der Waals surface area contributed by atoms with Crippen LogP contribution < -0.4 is 5.56 Å². The monoisotopic (exact) mass is 345 g/mol. The maximum Gasteiger partial charge on any atom is 0.277 e. The second kappa shape index (κ2) is 5.98. The Morgan fingerprint density at radius 2 is 2.08 bits per heavy atom. The summed E-state index contributed by atoms with van der Waals surface area (Å²) >= 11 is 0. The summed E-state index contributed by atoms with van der Waals surface area (Å²) in [5, 5.41) is 8.58. The molecule has 0 spiro atoms. The van der Waals surface area contributed by atoms with Crippen molar-refractivity contribution >= 4 is 17.2 Å². The highest BCUT2D eigenvalue weighted by molar-refractivity contribution is 5.76. The fourth-order valence-corrected chi connectivity index (χ4v) is 3.50. The molecule has 4 atom stereocenters. The van der Waals surface area contributed by atoms with Gasteiger partial charge in [-0.05, 0) is 32.4 Å². The molecule has 0 N–H and O–H groups in total. The van der Waals surface area contributed by atoms with E-state index >= 15 is 0 Å². The summed E-state index contributed by atoms with van der Waals surface area (Å²) in [4.78, 5) is 23.8. The Hall–Kier alpha value is -2.16. The first kappa shape index (κ1) is 16.3. The van der Waals surface area contributed by atoms with Gasteiger partial charge in [0.1, 0.15) is 24.0 Å². The SMILES string of the molecule is CC1(C)O[C@@H]2O[C@H](C=O)[C@H](CCn3nnc4ccccc4c3=O)[C@@H]2O1. The molecule has 0 saturated carbocycles. The number of ether oxygens (including phenoxy) is 3. The van der Waals surface area contributed by atoms with E-state index in [1.807, 2.05) is 6.07 Å². The van der Waals surface area contributed by atoms with Crippen molar-refractivity contribution in [1.29, 1.82) is 0 Å². The number of aldehydes is 1. The van der Waals surface area contributed by atoms with E-state index in [2.05, 4.69) is 10.3 Å². The molecule has 0 bridgehead atoms. The summed E-state index contributed by atoms with van der Waals surface area (Å²) in [5.74, 6) is -0.953. The van der Waals surface area contributed by atoms with Gasteiger partial charge in [0.2, 0.25) is 0 Å². The molecule has 132 valence electrons. The summed E-state index contributed by atoms with van der Waals surface area (Å²) in [6.07, 6.45) is -0.256. The lowest BCUT2D eigenvalue weighted by Crippen LogP contribution is -2.33. The minimum absolute atomic E-state index is 0.201. The van der Waals surface area contributed by atoms with E-state index in [1.165, 1.54) is 4.68 Å². The van der Waals surface area contributed by atoms with Gasteiger partial charge in [-0.25, -0.2) is 4.68 Å². The molecule has 2 aromatic rings. The van der Waals surface area contributed by atoms with Gasteiger partial charge < -0.3 is 19.0 Å². The normalized spacial score (nSPS) is 30.5.